The van der Waals surface area contributed by atoms with Gasteiger partial charge in [-0.2, -0.15) is 9.97 Å². The minimum absolute atomic E-state index is 0. The molecule has 2 aliphatic carbocycles. The van der Waals surface area contributed by atoms with Gasteiger partial charge in [-0.25, -0.2) is 0 Å². The molecule has 0 amide bonds. The van der Waals surface area contributed by atoms with Gasteiger partial charge in [0.1, 0.15) is 0 Å². The van der Waals surface area contributed by atoms with E-state index < -0.39 is 5.54 Å². The lowest BCUT2D eigenvalue weighted by Gasteiger charge is -2.17. The standard InChI is InChI=1S/C18H19N5O2.ClH/c19-18(9-1-2-10-18)17-21-16(25-23-17)13-7-5-12(6-8-13)15-20-14(22-24-15)11-3-4-11;/h5-8,11H,1-4,9-10,19H2;1H. The van der Waals surface area contributed by atoms with Gasteiger partial charge in [-0.15, -0.1) is 12.4 Å². The summed E-state index contributed by atoms with van der Waals surface area (Å²) in [5.74, 6) is 2.93. The van der Waals surface area contributed by atoms with E-state index in [-0.39, 0.29) is 12.4 Å². The maximum absolute atomic E-state index is 6.39. The number of hydrogen-bond acceptors (Lipinski definition) is 7. The Bertz CT molecular complexity index is 894. The van der Waals surface area contributed by atoms with Crippen molar-refractivity contribution in [2.45, 2.75) is 50.0 Å². The van der Waals surface area contributed by atoms with Crippen molar-refractivity contribution < 1.29 is 9.05 Å². The van der Waals surface area contributed by atoms with Crippen LogP contribution in [-0.2, 0) is 5.54 Å². The van der Waals surface area contributed by atoms with E-state index in [1.54, 1.807) is 0 Å². The summed E-state index contributed by atoms with van der Waals surface area (Å²) < 4.78 is 10.8. The zero-order valence-electron chi connectivity index (χ0n) is 14.2. The Morgan fingerprint density at radius 1 is 0.885 bits per heavy atom. The molecule has 0 aliphatic heterocycles. The van der Waals surface area contributed by atoms with E-state index in [9.17, 15) is 0 Å². The highest BCUT2D eigenvalue weighted by Crippen LogP contribution is 2.39. The summed E-state index contributed by atoms with van der Waals surface area (Å²) in [4.78, 5) is 8.98. The number of aromatic nitrogens is 4. The normalized spacial score (nSPS) is 18.7. The molecular formula is C18H20ClN5O2. The highest BCUT2D eigenvalue weighted by molar-refractivity contribution is 5.85. The number of nitrogens with two attached hydrogens (primary N) is 1. The zero-order valence-corrected chi connectivity index (χ0v) is 15.0. The van der Waals surface area contributed by atoms with Crippen LogP contribution in [0.1, 0.15) is 56.1 Å². The summed E-state index contributed by atoms with van der Waals surface area (Å²) in [5, 5.41) is 8.15. The molecule has 2 fully saturated rings. The van der Waals surface area contributed by atoms with E-state index in [4.69, 9.17) is 14.8 Å². The van der Waals surface area contributed by atoms with Gasteiger partial charge in [-0.1, -0.05) is 23.2 Å². The van der Waals surface area contributed by atoms with E-state index >= 15 is 0 Å². The van der Waals surface area contributed by atoms with Crippen LogP contribution in [0.5, 0.6) is 0 Å². The van der Waals surface area contributed by atoms with Crippen LogP contribution in [0.15, 0.2) is 33.3 Å². The Balaban J connectivity index is 0.00000168. The molecule has 7 nitrogen and oxygen atoms in total. The maximum atomic E-state index is 6.39. The molecule has 1 aromatic carbocycles. The van der Waals surface area contributed by atoms with Gasteiger partial charge in [0.25, 0.3) is 11.8 Å². The van der Waals surface area contributed by atoms with Crippen molar-refractivity contribution in [1.82, 2.24) is 20.3 Å². The molecule has 0 saturated heterocycles. The van der Waals surface area contributed by atoms with E-state index in [2.05, 4.69) is 20.3 Å². The average Bonchev–Trinajstić information content (AvgIpc) is 3.07. The molecule has 5 rings (SSSR count). The van der Waals surface area contributed by atoms with E-state index in [1.165, 1.54) is 0 Å². The lowest BCUT2D eigenvalue weighted by molar-refractivity contribution is 0.372. The summed E-state index contributed by atoms with van der Waals surface area (Å²) in [6.45, 7) is 0. The molecule has 0 spiro atoms. The van der Waals surface area contributed by atoms with E-state index in [0.717, 1.165) is 55.5 Å². The first-order valence-corrected chi connectivity index (χ1v) is 8.79. The van der Waals surface area contributed by atoms with Crippen molar-refractivity contribution in [1.29, 1.82) is 0 Å². The number of benzene rings is 1. The molecule has 0 bridgehead atoms. The third-order valence-electron chi connectivity index (χ3n) is 5.13. The van der Waals surface area contributed by atoms with E-state index in [1.807, 2.05) is 24.3 Å². The Hall–Kier alpha value is -2.25. The Morgan fingerprint density at radius 2 is 1.46 bits per heavy atom. The predicted molar refractivity (Wildman–Crippen MR) is 96.6 cm³/mol. The SMILES string of the molecule is Cl.NC1(c2noc(-c3ccc(-c4nc(C5CC5)no4)cc3)n2)CCCC1. The lowest BCUT2D eigenvalue weighted by atomic mass is 9.99. The first-order valence-electron chi connectivity index (χ1n) is 8.79. The van der Waals surface area contributed by atoms with Crippen LogP contribution < -0.4 is 5.73 Å². The fourth-order valence-electron chi connectivity index (χ4n) is 3.39. The maximum Gasteiger partial charge on any atom is 0.257 e. The first-order chi connectivity index (χ1) is 12.2. The van der Waals surface area contributed by atoms with Gasteiger partial charge in [0, 0.05) is 17.0 Å². The Morgan fingerprint density at radius 3 is 2.08 bits per heavy atom. The lowest BCUT2D eigenvalue weighted by Crippen LogP contribution is -2.34. The second-order valence-corrected chi connectivity index (χ2v) is 7.10. The second kappa shape index (κ2) is 6.48. The molecule has 2 N–H and O–H groups in total. The van der Waals surface area contributed by atoms with Crippen LogP contribution in [0.25, 0.3) is 22.9 Å². The minimum atomic E-state index is -0.440. The van der Waals surface area contributed by atoms with Gasteiger partial charge in [-0.05, 0) is 49.9 Å². The van der Waals surface area contributed by atoms with Crippen molar-refractivity contribution in [3.05, 3.63) is 35.9 Å². The van der Waals surface area contributed by atoms with Crippen molar-refractivity contribution in [3.63, 3.8) is 0 Å². The molecule has 26 heavy (non-hydrogen) atoms. The third-order valence-corrected chi connectivity index (χ3v) is 5.13. The van der Waals surface area contributed by atoms with Crippen LogP contribution in [-0.4, -0.2) is 20.3 Å². The monoisotopic (exact) mass is 373 g/mol. The molecule has 136 valence electrons. The minimum Gasteiger partial charge on any atom is -0.334 e. The number of rotatable bonds is 4. The van der Waals surface area contributed by atoms with Crippen LogP contribution in [0, 0.1) is 0 Å². The van der Waals surface area contributed by atoms with Gasteiger partial charge in [0.15, 0.2) is 11.6 Å². The Kier molecular flexibility index (Phi) is 4.28. The molecule has 2 heterocycles. The molecule has 2 saturated carbocycles. The average molecular weight is 374 g/mol. The molecule has 0 atom stereocenters. The fourth-order valence-corrected chi connectivity index (χ4v) is 3.39. The molecule has 8 heteroatoms. The molecule has 2 aliphatic rings. The van der Waals surface area contributed by atoms with Crippen LogP contribution >= 0.6 is 12.4 Å². The van der Waals surface area contributed by atoms with Crippen molar-refractivity contribution in [2.24, 2.45) is 5.73 Å². The number of hydrogen-bond donors (Lipinski definition) is 1. The summed E-state index contributed by atoms with van der Waals surface area (Å²) >= 11 is 0. The van der Waals surface area contributed by atoms with Crippen molar-refractivity contribution in [3.8, 4) is 22.9 Å². The second-order valence-electron chi connectivity index (χ2n) is 7.10. The van der Waals surface area contributed by atoms with Gasteiger partial charge < -0.3 is 14.8 Å². The highest BCUT2D eigenvalue weighted by Gasteiger charge is 2.36. The van der Waals surface area contributed by atoms with Crippen LogP contribution in [0.2, 0.25) is 0 Å². The number of halogens is 1. The largest absolute Gasteiger partial charge is 0.334 e. The third kappa shape index (κ3) is 3.01. The summed E-state index contributed by atoms with van der Waals surface area (Å²) in [6, 6.07) is 7.70. The molecule has 2 aromatic heterocycles. The molecular weight excluding hydrogens is 354 g/mol. The Labute approximate surface area is 156 Å². The summed E-state index contributed by atoms with van der Waals surface area (Å²) in [5.41, 5.74) is 7.69. The zero-order chi connectivity index (χ0) is 16.9. The summed E-state index contributed by atoms with van der Waals surface area (Å²) in [6.07, 6.45) is 6.35. The van der Waals surface area contributed by atoms with Gasteiger partial charge in [-0.3, -0.25) is 0 Å². The molecule has 0 unspecified atom stereocenters. The van der Waals surface area contributed by atoms with Gasteiger partial charge >= 0.3 is 0 Å². The van der Waals surface area contributed by atoms with Crippen LogP contribution in [0.3, 0.4) is 0 Å². The topological polar surface area (TPSA) is 104 Å². The van der Waals surface area contributed by atoms with Gasteiger partial charge in [0.05, 0.1) is 5.54 Å². The quantitative estimate of drug-likeness (QED) is 0.741. The smallest absolute Gasteiger partial charge is 0.257 e. The van der Waals surface area contributed by atoms with Crippen molar-refractivity contribution in [2.75, 3.05) is 0 Å². The molecule has 0 radical (unpaired) electrons. The fraction of sp³-hybridized carbons (Fsp3) is 0.444. The van der Waals surface area contributed by atoms with Crippen molar-refractivity contribution >= 4 is 12.4 Å². The number of nitrogens with zero attached hydrogens (tertiary/aromatic N) is 4. The first kappa shape index (κ1) is 17.2. The summed E-state index contributed by atoms with van der Waals surface area (Å²) in [7, 11) is 0. The van der Waals surface area contributed by atoms with Gasteiger partial charge in [0.2, 0.25) is 0 Å². The van der Waals surface area contributed by atoms with Crippen LogP contribution in [0.4, 0.5) is 0 Å². The molecule has 3 aromatic rings. The highest BCUT2D eigenvalue weighted by atomic mass is 35.5. The van der Waals surface area contributed by atoms with E-state index in [0.29, 0.717) is 23.5 Å². The predicted octanol–water partition coefficient (Wildman–Crippen LogP) is 3.81.